The fraction of sp³-hybridized carbons (Fsp3) is 0.350. The maximum absolute atomic E-state index is 13.1. The van der Waals surface area contributed by atoms with Crippen molar-refractivity contribution in [3.63, 3.8) is 0 Å². The Bertz CT molecular complexity index is 1050. The zero-order valence-electron chi connectivity index (χ0n) is 14.8. The number of aryl methyl sites for hydroxylation is 2. The molecule has 2 heterocycles. The van der Waals surface area contributed by atoms with Crippen molar-refractivity contribution in [2.45, 2.75) is 46.6 Å². The molecule has 0 bridgehead atoms. The van der Waals surface area contributed by atoms with E-state index in [-0.39, 0.29) is 28.5 Å². The summed E-state index contributed by atoms with van der Waals surface area (Å²) in [4.78, 5) is 29.9. The Morgan fingerprint density at radius 1 is 1.16 bits per heavy atom. The van der Waals surface area contributed by atoms with Gasteiger partial charge in [0.2, 0.25) is 5.78 Å². The molecule has 1 N–H and O–H groups in total. The third kappa shape index (κ3) is 2.69. The number of hydrogen-bond donors (Lipinski definition) is 1. The first kappa shape index (κ1) is 17.1. The van der Waals surface area contributed by atoms with Crippen LogP contribution in [-0.2, 0) is 6.54 Å². The van der Waals surface area contributed by atoms with Gasteiger partial charge in [-0.3, -0.25) is 9.59 Å². The van der Waals surface area contributed by atoms with Crippen LogP contribution in [0.25, 0.3) is 12.3 Å². The van der Waals surface area contributed by atoms with Crippen LogP contribution in [0.4, 0.5) is 0 Å². The summed E-state index contributed by atoms with van der Waals surface area (Å²) in [5.41, 5.74) is 1.97. The third-order valence-electron chi connectivity index (χ3n) is 4.67. The second kappa shape index (κ2) is 6.31. The van der Waals surface area contributed by atoms with Crippen molar-refractivity contribution in [3.8, 4) is 0 Å². The number of unbranched alkanes of at least 4 members (excludes halogenated alkanes) is 2. The van der Waals surface area contributed by atoms with Crippen LogP contribution in [0.1, 0.15) is 59.1 Å². The minimum absolute atomic E-state index is 0.0105. The number of pyridine rings is 2. The molecule has 2 aromatic heterocycles. The smallest absolute Gasteiger partial charge is 0.251 e. The third-order valence-corrected chi connectivity index (χ3v) is 4.67. The average molecular weight is 338 g/mol. The summed E-state index contributed by atoms with van der Waals surface area (Å²) in [7, 11) is 0. The van der Waals surface area contributed by atoms with E-state index >= 15 is 0 Å². The van der Waals surface area contributed by atoms with Gasteiger partial charge in [0.1, 0.15) is 17.1 Å². The number of nitrogens with zero attached hydrogens (tertiary/aromatic N) is 2. The van der Waals surface area contributed by atoms with Crippen LogP contribution in [-0.4, -0.2) is 20.4 Å². The summed E-state index contributed by atoms with van der Waals surface area (Å²) >= 11 is 0. The van der Waals surface area contributed by atoms with Crippen molar-refractivity contribution in [2.24, 2.45) is 0 Å². The molecular weight excluding hydrogens is 316 g/mol. The maximum atomic E-state index is 13.1. The zero-order valence-corrected chi connectivity index (χ0v) is 14.8. The van der Waals surface area contributed by atoms with Crippen molar-refractivity contribution in [1.82, 2.24) is 9.55 Å². The fourth-order valence-electron chi connectivity index (χ4n) is 3.49. The molecule has 0 spiro atoms. The van der Waals surface area contributed by atoms with Crippen LogP contribution in [0.15, 0.2) is 16.9 Å². The Labute approximate surface area is 146 Å². The number of aromatic nitrogens is 2. The lowest BCUT2D eigenvalue weighted by atomic mass is 9.91. The Morgan fingerprint density at radius 3 is 2.56 bits per heavy atom. The van der Waals surface area contributed by atoms with Gasteiger partial charge in [-0.05, 0) is 37.5 Å². The van der Waals surface area contributed by atoms with Crippen LogP contribution >= 0.6 is 0 Å². The van der Waals surface area contributed by atoms with E-state index in [1.54, 1.807) is 13.0 Å². The number of ketones is 1. The van der Waals surface area contributed by atoms with E-state index in [0.29, 0.717) is 28.2 Å². The summed E-state index contributed by atoms with van der Waals surface area (Å²) in [6.07, 6.45) is 2.78. The molecule has 5 nitrogen and oxygen atoms in total. The molecule has 0 atom stereocenters. The van der Waals surface area contributed by atoms with Crippen LogP contribution in [0.3, 0.4) is 0 Å². The molecule has 0 saturated carbocycles. The molecule has 0 unspecified atom stereocenters. The van der Waals surface area contributed by atoms with Gasteiger partial charge in [-0.15, -0.1) is 0 Å². The van der Waals surface area contributed by atoms with E-state index in [0.717, 1.165) is 24.8 Å². The highest BCUT2D eigenvalue weighted by Gasteiger charge is 2.31. The van der Waals surface area contributed by atoms with Gasteiger partial charge in [0, 0.05) is 23.4 Å². The Morgan fingerprint density at radius 2 is 1.88 bits per heavy atom. The molecule has 0 radical (unpaired) electrons. The fourth-order valence-corrected chi connectivity index (χ4v) is 3.49. The standard InChI is InChI=1S/C20H22N2O3/c1-5-6-7-8-22-14(23)10-12(3)16-18(22)20(25)17-15(19(16)24)11(2)9-13(4)21-17/h9-10,24H,4-8H2,1-3H3. The number of hydrogen-bond acceptors (Lipinski definition) is 4. The molecule has 3 rings (SSSR count). The summed E-state index contributed by atoms with van der Waals surface area (Å²) in [5, 5.41) is 11.8. The summed E-state index contributed by atoms with van der Waals surface area (Å²) < 4.78 is 1.48. The lowest BCUT2D eigenvalue weighted by molar-refractivity contribution is 0.102. The predicted octanol–water partition coefficient (Wildman–Crippen LogP) is 1.72. The van der Waals surface area contributed by atoms with E-state index < -0.39 is 0 Å². The number of aliphatic hydroxyl groups excluding tert-OH is 1. The van der Waals surface area contributed by atoms with E-state index in [2.05, 4.69) is 18.5 Å². The number of carbonyl (C=O) groups excluding carboxylic acids is 1. The molecule has 0 aliphatic heterocycles. The monoisotopic (exact) mass is 338 g/mol. The lowest BCUT2D eigenvalue weighted by Gasteiger charge is -2.22. The van der Waals surface area contributed by atoms with Gasteiger partial charge in [0.05, 0.1) is 5.35 Å². The Balaban J connectivity index is 2.38. The van der Waals surface area contributed by atoms with E-state index in [1.165, 1.54) is 10.6 Å². The molecule has 1 aliphatic carbocycles. The van der Waals surface area contributed by atoms with Crippen molar-refractivity contribution >= 4 is 18.1 Å². The van der Waals surface area contributed by atoms with Crippen LogP contribution in [0.2, 0.25) is 0 Å². The minimum Gasteiger partial charge on any atom is -0.507 e. The number of fused-ring (bicyclic) bond motifs is 2. The van der Waals surface area contributed by atoms with Gasteiger partial charge in [-0.1, -0.05) is 26.3 Å². The molecule has 2 aromatic rings. The second-order valence-corrected chi connectivity index (χ2v) is 6.58. The highest BCUT2D eigenvalue weighted by Crippen LogP contribution is 2.24. The Kier molecular flexibility index (Phi) is 4.33. The van der Waals surface area contributed by atoms with Crippen molar-refractivity contribution in [1.29, 1.82) is 0 Å². The molecule has 0 fully saturated rings. The molecule has 130 valence electrons. The van der Waals surface area contributed by atoms with Gasteiger partial charge >= 0.3 is 0 Å². The second-order valence-electron chi connectivity index (χ2n) is 6.58. The topological polar surface area (TPSA) is 72.2 Å². The van der Waals surface area contributed by atoms with Gasteiger partial charge in [0.25, 0.3) is 5.56 Å². The summed E-state index contributed by atoms with van der Waals surface area (Å²) in [5.74, 6) is -0.315. The largest absolute Gasteiger partial charge is 0.507 e. The summed E-state index contributed by atoms with van der Waals surface area (Å²) in [6, 6.07) is 3.22. The van der Waals surface area contributed by atoms with Gasteiger partial charge in [-0.25, -0.2) is 4.98 Å². The van der Waals surface area contributed by atoms with Crippen LogP contribution in [0.5, 0.6) is 0 Å². The molecule has 25 heavy (non-hydrogen) atoms. The number of aliphatic hydroxyl groups is 1. The van der Waals surface area contributed by atoms with Gasteiger partial charge < -0.3 is 9.67 Å². The first-order chi connectivity index (χ1) is 11.9. The average Bonchev–Trinajstić information content (AvgIpc) is 2.53. The quantitative estimate of drug-likeness (QED) is 0.862. The van der Waals surface area contributed by atoms with Crippen molar-refractivity contribution in [2.75, 3.05) is 0 Å². The van der Waals surface area contributed by atoms with Gasteiger partial charge in [0.15, 0.2) is 0 Å². The zero-order chi connectivity index (χ0) is 18.3. The molecule has 5 heteroatoms. The van der Waals surface area contributed by atoms with Crippen molar-refractivity contribution < 1.29 is 9.90 Å². The van der Waals surface area contributed by atoms with E-state index in [4.69, 9.17) is 0 Å². The molecule has 0 aromatic carbocycles. The van der Waals surface area contributed by atoms with Crippen molar-refractivity contribution in [3.05, 3.63) is 61.1 Å². The summed E-state index contributed by atoms with van der Waals surface area (Å²) in [6.45, 7) is 9.89. The molecule has 0 saturated heterocycles. The molecule has 0 amide bonds. The normalized spacial score (nSPS) is 12.9. The predicted molar refractivity (Wildman–Crippen MR) is 97.3 cm³/mol. The Hall–Kier alpha value is -2.69. The maximum Gasteiger partial charge on any atom is 0.251 e. The highest BCUT2D eigenvalue weighted by molar-refractivity contribution is 6.12. The van der Waals surface area contributed by atoms with E-state index in [9.17, 15) is 14.7 Å². The number of carbonyl (C=O) groups is 1. The first-order valence-corrected chi connectivity index (χ1v) is 8.56. The number of rotatable bonds is 4. The van der Waals surface area contributed by atoms with Crippen LogP contribution in [0, 0.1) is 13.8 Å². The minimum atomic E-state index is -0.325. The van der Waals surface area contributed by atoms with E-state index in [1.807, 2.05) is 6.92 Å². The molecule has 1 aliphatic rings. The SMILES string of the molecule is C=c1cc(C)c2c(n1)C(=O)c1c(c(C)cc(=O)n1CCCCC)C=2O. The van der Waals surface area contributed by atoms with Crippen LogP contribution < -0.4 is 16.1 Å². The van der Waals surface area contributed by atoms with Gasteiger partial charge in [-0.2, -0.15) is 0 Å². The molecular formula is C20H22N2O3. The first-order valence-electron chi connectivity index (χ1n) is 8.56. The lowest BCUT2D eigenvalue weighted by Crippen LogP contribution is -2.38. The highest BCUT2D eigenvalue weighted by atomic mass is 16.3.